The van der Waals surface area contributed by atoms with E-state index >= 15 is 0 Å². The fourth-order valence-electron chi connectivity index (χ4n) is 4.91. The van der Waals surface area contributed by atoms with Crippen molar-refractivity contribution in [3.63, 3.8) is 0 Å². The average Bonchev–Trinajstić information content (AvgIpc) is 3.47. The van der Waals surface area contributed by atoms with Gasteiger partial charge < -0.3 is 13.4 Å². The van der Waals surface area contributed by atoms with Crippen LogP contribution in [0, 0.1) is 0 Å². The molecule has 2 unspecified atom stereocenters. The third-order valence-electron chi connectivity index (χ3n) is 6.69. The Morgan fingerprint density at radius 3 is 1.74 bits per heavy atom. The van der Waals surface area contributed by atoms with Crippen molar-refractivity contribution in [2.75, 3.05) is 13.7 Å². The van der Waals surface area contributed by atoms with Crippen LogP contribution in [0.2, 0.25) is 32.7 Å². The molecule has 0 amide bonds. The number of benzene rings is 2. The number of nitrogens with zero attached hydrogens (tertiary/aromatic N) is 1. The highest BCUT2D eigenvalue weighted by Gasteiger charge is 2.85. The second-order valence-corrected chi connectivity index (χ2v) is 20.8. The van der Waals surface area contributed by atoms with Gasteiger partial charge in [-0.25, -0.2) is 13.2 Å². The summed E-state index contributed by atoms with van der Waals surface area (Å²) < 4.78 is 65.2. The van der Waals surface area contributed by atoms with Crippen LogP contribution in [0.25, 0.3) is 0 Å². The molecule has 0 N–H and O–H groups in total. The molecule has 0 aromatic heterocycles. The molecule has 1 aliphatic rings. The molecule has 0 bridgehead atoms. The quantitative estimate of drug-likeness (QED) is 0.191. The predicted octanol–water partition coefficient (Wildman–Crippen LogP) is 3.96. The number of halogens is 3. The van der Waals surface area contributed by atoms with Gasteiger partial charge in [-0.15, -0.1) is 0 Å². The van der Waals surface area contributed by atoms with Crippen molar-refractivity contribution in [2.45, 2.75) is 43.4 Å². The lowest BCUT2D eigenvalue weighted by Gasteiger charge is -2.41. The lowest BCUT2D eigenvalue weighted by molar-refractivity contribution is -0.142. The van der Waals surface area contributed by atoms with Crippen LogP contribution >= 0.6 is 0 Å². The Morgan fingerprint density at radius 2 is 1.38 bits per heavy atom. The minimum Gasteiger partial charge on any atom is -0.741 e. The van der Waals surface area contributed by atoms with E-state index in [1.807, 2.05) is 12.1 Å². The molecule has 1 fully saturated rings. The molecule has 188 valence electrons. The van der Waals surface area contributed by atoms with E-state index in [4.69, 9.17) is 17.7 Å². The number of methoxy groups -OCH3 is 1. The Kier molecular flexibility index (Phi) is 7.66. The van der Waals surface area contributed by atoms with E-state index in [0.717, 1.165) is 10.7 Å². The fraction of sp³-hybridized carbons (Fsp3) is 0.409. The van der Waals surface area contributed by atoms with Crippen molar-refractivity contribution < 1.29 is 35.7 Å². The molecule has 0 spiro atoms. The summed E-state index contributed by atoms with van der Waals surface area (Å²) in [5.41, 5.74) is -4.39. The smallest absolute Gasteiger partial charge is 0.485 e. The number of hydrogen-bond donors (Lipinski definition) is 0. The van der Waals surface area contributed by atoms with Crippen molar-refractivity contribution in [1.29, 1.82) is 0 Å². The minimum atomic E-state index is -6.09. The highest BCUT2D eigenvalue weighted by molar-refractivity contribution is 7.86. The van der Waals surface area contributed by atoms with Crippen LogP contribution in [-0.4, -0.2) is 59.6 Å². The molecule has 0 aliphatic carbocycles. The zero-order chi connectivity index (χ0) is 26.2. The van der Waals surface area contributed by atoms with Crippen LogP contribution in [0.4, 0.5) is 18.9 Å². The highest BCUT2D eigenvalue weighted by atomic mass is 32.2. The first-order valence-electron chi connectivity index (χ1n) is 10.5. The van der Waals surface area contributed by atoms with E-state index in [2.05, 4.69) is 81.3 Å². The minimum absolute atomic E-state index is 0.0377. The average molecular weight is 534 g/mol. The van der Waals surface area contributed by atoms with Crippen LogP contribution in [0.15, 0.2) is 60.7 Å². The molecule has 1 heterocycles. The van der Waals surface area contributed by atoms with Crippen molar-refractivity contribution >= 4 is 43.3 Å². The number of para-hydroxylation sites is 1. The monoisotopic (exact) mass is 533 g/mol. The topological polar surface area (TPSA) is 83.5 Å². The van der Waals surface area contributed by atoms with Crippen LogP contribution < -0.4 is 9.34 Å². The summed E-state index contributed by atoms with van der Waals surface area (Å²) in [6, 6.07) is 21.2. The number of quaternary nitrogens is 1. The van der Waals surface area contributed by atoms with Gasteiger partial charge in [-0.3, -0.25) is 0 Å². The Balaban J connectivity index is 0.000000440. The SMILES string of the molecule is COC(=O)C1([Si](C)(C)c2ccccc2)C[N+]1(c1ccccc1)[Si](C)(C)C.O=S(=O)([O-])C(F)(F)F. The number of rotatable bonds is 5. The molecule has 2 aromatic rings. The summed E-state index contributed by atoms with van der Waals surface area (Å²) in [6.45, 7) is 12.7. The van der Waals surface area contributed by atoms with Gasteiger partial charge in [0.15, 0.2) is 18.2 Å². The number of esters is 1. The summed E-state index contributed by atoms with van der Waals surface area (Å²) >= 11 is 0. The predicted molar refractivity (Wildman–Crippen MR) is 131 cm³/mol. The van der Waals surface area contributed by atoms with Crippen molar-refractivity contribution in [1.82, 2.24) is 4.15 Å². The van der Waals surface area contributed by atoms with Crippen molar-refractivity contribution in [3.05, 3.63) is 60.7 Å². The maximum absolute atomic E-state index is 13.4. The van der Waals surface area contributed by atoms with Crippen LogP contribution in [0.1, 0.15) is 0 Å². The van der Waals surface area contributed by atoms with Gasteiger partial charge in [0.2, 0.25) is 5.16 Å². The molecule has 2 atom stereocenters. The van der Waals surface area contributed by atoms with E-state index < -0.39 is 37.1 Å². The molecule has 6 nitrogen and oxygen atoms in total. The lowest BCUT2D eigenvalue weighted by atomic mass is 10.3. The summed E-state index contributed by atoms with van der Waals surface area (Å²) in [4.78, 5) is 13.4. The van der Waals surface area contributed by atoms with Crippen LogP contribution in [0.3, 0.4) is 0 Å². The molecule has 0 radical (unpaired) electrons. The van der Waals surface area contributed by atoms with Gasteiger partial charge >= 0.3 is 11.5 Å². The molecule has 0 saturated carbocycles. The van der Waals surface area contributed by atoms with E-state index in [0.29, 0.717) is 0 Å². The second-order valence-electron chi connectivity index (χ2n) is 9.72. The third kappa shape index (κ3) is 4.61. The van der Waals surface area contributed by atoms with Crippen LogP contribution in [0.5, 0.6) is 0 Å². The van der Waals surface area contributed by atoms with Gasteiger partial charge in [0.1, 0.15) is 12.2 Å². The zero-order valence-electron chi connectivity index (χ0n) is 20.0. The highest BCUT2D eigenvalue weighted by Crippen LogP contribution is 2.57. The summed E-state index contributed by atoms with van der Waals surface area (Å²) in [5.74, 6) is -0.0377. The Labute approximate surface area is 200 Å². The first kappa shape index (κ1) is 28.2. The number of alkyl halides is 3. The number of ether oxygens (including phenoxy) is 1. The second kappa shape index (κ2) is 9.23. The molecule has 34 heavy (non-hydrogen) atoms. The van der Waals surface area contributed by atoms with Crippen molar-refractivity contribution in [3.8, 4) is 0 Å². The summed E-state index contributed by atoms with van der Waals surface area (Å²) in [6.07, 6.45) is 0. The first-order chi connectivity index (χ1) is 15.4. The fourth-order valence-corrected chi connectivity index (χ4v) is 13.6. The first-order valence-corrected chi connectivity index (χ1v) is 18.4. The third-order valence-corrected chi connectivity index (χ3v) is 15.2. The molecule has 12 heteroatoms. The van der Waals surface area contributed by atoms with E-state index in [-0.39, 0.29) is 5.97 Å². The molecule has 2 aromatic carbocycles. The number of carbonyl (C=O) groups excluding carboxylic acids is 1. The molecule has 3 rings (SSSR count). The Bertz CT molecular complexity index is 1120. The van der Waals surface area contributed by atoms with E-state index in [1.54, 1.807) is 7.11 Å². The van der Waals surface area contributed by atoms with Gasteiger partial charge in [-0.2, -0.15) is 13.2 Å². The lowest BCUT2D eigenvalue weighted by Crippen LogP contribution is -2.70. The Hall–Kier alpha value is -2.00. The number of hydrogen-bond acceptors (Lipinski definition) is 5. The van der Waals surface area contributed by atoms with Gasteiger partial charge in [-0.05, 0) is 31.8 Å². The van der Waals surface area contributed by atoms with Gasteiger partial charge in [0.25, 0.3) is 8.24 Å². The maximum atomic E-state index is 13.4. The zero-order valence-corrected chi connectivity index (χ0v) is 22.8. The molecule has 1 saturated heterocycles. The van der Waals surface area contributed by atoms with Crippen molar-refractivity contribution in [2.24, 2.45) is 0 Å². The Morgan fingerprint density at radius 1 is 0.971 bits per heavy atom. The normalized spacial score (nSPS) is 22.9. The van der Waals surface area contributed by atoms with Gasteiger partial charge in [0.05, 0.1) is 7.11 Å². The van der Waals surface area contributed by atoms with Gasteiger partial charge in [0, 0.05) is 0 Å². The van der Waals surface area contributed by atoms with E-state index in [9.17, 15) is 18.0 Å². The largest absolute Gasteiger partial charge is 0.741 e. The van der Waals surface area contributed by atoms with E-state index in [1.165, 1.54) is 10.9 Å². The summed E-state index contributed by atoms with van der Waals surface area (Å²) in [7, 11) is -8.52. The molecular weight excluding hydrogens is 503 g/mol. The van der Waals surface area contributed by atoms with Crippen LogP contribution in [-0.2, 0) is 19.6 Å². The maximum Gasteiger partial charge on any atom is 0.485 e. The molecular formula is C22H30F3NO5SSi2. The van der Waals surface area contributed by atoms with Gasteiger partial charge in [-0.1, -0.05) is 66.8 Å². The standard InChI is InChI=1S/C21H30NO2Si2.CHF3O3S/c1-24-20(23)21(26(5,6)19-15-11-8-12-16-19)17-22(21,25(2,3)4)18-13-9-7-10-14-18;2-1(3,4)8(5,6)7/h7-16H,17H2,1-6H3;(H,5,6,7)/q+1;/p-1. The molecule has 1 aliphatic heterocycles. The number of carbonyl (C=O) groups is 1. The summed E-state index contributed by atoms with van der Waals surface area (Å²) in [5, 5.41) is 0.856.